The monoisotopic (exact) mass is 545 g/mol. The van der Waals surface area contributed by atoms with E-state index >= 15 is 0 Å². The first-order valence-electron chi connectivity index (χ1n) is 10.5. The Morgan fingerprint density at radius 1 is 1.03 bits per heavy atom. The average molecular weight is 547 g/mol. The van der Waals surface area contributed by atoms with Crippen LogP contribution in [0.5, 0.6) is 5.75 Å². The Labute approximate surface area is 212 Å². The molecule has 2 aromatic carbocycles. The van der Waals surface area contributed by atoms with E-state index in [4.69, 9.17) is 46.4 Å². The molecule has 7 nitrogen and oxygen atoms in total. The molecule has 34 heavy (non-hydrogen) atoms. The van der Waals surface area contributed by atoms with Crippen molar-refractivity contribution in [1.29, 1.82) is 0 Å². The number of aliphatic hydroxyl groups excluding tert-OH is 1. The highest BCUT2D eigenvalue weighted by Crippen LogP contribution is 2.63. The number of hydrogen-bond donors (Lipinski definition) is 3. The van der Waals surface area contributed by atoms with Gasteiger partial charge in [0.1, 0.15) is 17.9 Å². The number of rotatable bonds is 1. The van der Waals surface area contributed by atoms with Crippen molar-refractivity contribution in [2.45, 2.75) is 30.4 Å². The number of halogens is 5. The molecule has 178 valence electrons. The molecule has 4 heterocycles. The van der Waals surface area contributed by atoms with Crippen LogP contribution in [-0.4, -0.2) is 51.9 Å². The van der Waals surface area contributed by atoms with Crippen LogP contribution in [0.25, 0.3) is 0 Å². The molecule has 4 aliphatic rings. The molecule has 0 aliphatic carbocycles. The zero-order valence-corrected chi connectivity index (χ0v) is 20.1. The van der Waals surface area contributed by atoms with Gasteiger partial charge in [0.25, 0.3) is 0 Å². The molecule has 3 fully saturated rings. The van der Waals surface area contributed by atoms with Crippen LogP contribution in [-0.2, 0) is 15.1 Å². The molecule has 0 aromatic heterocycles. The lowest BCUT2D eigenvalue weighted by atomic mass is 9.75. The third-order valence-corrected chi connectivity index (χ3v) is 8.46. The van der Waals surface area contributed by atoms with E-state index in [1.54, 1.807) is 11.0 Å². The van der Waals surface area contributed by atoms with Crippen LogP contribution in [0.15, 0.2) is 24.3 Å². The number of phenols is 1. The number of benzene rings is 2. The summed E-state index contributed by atoms with van der Waals surface area (Å²) in [5, 5.41) is 25.3. The van der Waals surface area contributed by atoms with Gasteiger partial charge in [0.15, 0.2) is 5.75 Å². The first-order valence-corrected chi connectivity index (χ1v) is 12.0. The first kappa shape index (κ1) is 22.6. The topological polar surface area (TPSA) is 93.1 Å². The van der Waals surface area contributed by atoms with Crippen molar-refractivity contribution in [1.82, 2.24) is 4.90 Å². The second-order valence-corrected chi connectivity index (χ2v) is 10.7. The highest BCUT2D eigenvalue weighted by Gasteiger charge is 2.75. The van der Waals surface area contributed by atoms with E-state index in [9.17, 15) is 24.2 Å². The Hall–Kier alpha value is -1.81. The maximum absolute atomic E-state index is 14.7. The molecule has 6 atom stereocenters. The van der Waals surface area contributed by atoms with E-state index in [1.165, 1.54) is 18.2 Å². The minimum atomic E-state index is -1.50. The number of anilines is 2. The van der Waals surface area contributed by atoms with Gasteiger partial charge >= 0.3 is 0 Å². The number of aliphatic hydroxyl groups is 1. The van der Waals surface area contributed by atoms with E-state index in [1.807, 2.05) is 0 Å². The lowest BCUT2D eigenvalue weighted by molar-refractivity contribution is -0.127. The third-order valence-electron chi connectivity index (χ3n) is 7.44. The maximum atomic E-state index is 14.7. The van der Waals surface area contributed by atoms with E-state index < -0.39 is 53.4 Å². The average Bonchev–Trinajstić information content (AvgIpc) is 3.41. The van der Waals surface area contributed by atoms with E-state index in [0.717, 1.165) is 4.90 Å². The van der Waals surface area contributed by atoms with Gasteiger partial charge in [0, 0.05) is 28.2 Å². The molecule has 0 radical (unpaired) electrons. The fourth-order valence-corrected chi connectivity index (χ4v) is 7.37. The van der Waals surface area contributed by atoms with Gasteiger partial charge in [0.2, 0.25) is 11.8 Å². The Balaban J connectivity index is 1.59. The van der Waals surface area contributed by atoms with Crippen molar-refractivity contribution in [3.63, 3.8) is 0 Å². The maximum Gasteiger partial charge on any atom is 0.240 e. The fourth-order valence-electron chi connectivity index (χ4n) is 6.34. The van der Waals surface area contributed by atoms with Crippen molar-refractivity contribution in [3.8, 4) is 5.75 Å². The molecule has 0 saturated carbocycles. The van der Waals surface area contributed by atoms with Crippen LogP contribution < -0.4 is 10.2 Å². The van der Waals surface area contributed by atoms with Crippen molar-refractivity contribution in [2.24, 2.45) is 11.8 Å². The number of carbonyl (C=O) groups excluding carboxylic acids is 2. The Morgan fingerprint density at radius 3 is 2.44 bits per heavy atom. The standard InChI is InChI=1S/C22H16Cl4FN3O4/c23-7-1-10-17(11(25)2-7)28-21(34)22(10)16-15(13-5-9(27)6-29(13)22)19(32)30(20(16)33)14-4-8(24)3-12(26)18(14)31/h1-4,9,13,15-16,21,28,31,34H,5-6H2/t9-,13?,15?,16?,21?,22?/m0/s1. The number of phenolic OH excluding ortho intramolecular Hbond substituents is 1. The first-order chi connectivity index (χ1) is 16.1. The number of nitrogens with one attached hydrogen (secondary N) is 1. The Morgan fingerprint density at radius 2 is 1.71 bits per heavy atom. The number of imide groups is 1. The van der Waals surface area contributed by atoms with Gasteiger partial charge in [-0.1, -0.05) is 46.4 Å². The van der Waals surface area contributed by atoms with Gasteiger partial charge in [-0.3, -0.25) is 14.5 Å². The van der Waals surface area contributed by atoms with Crippen molar-refractivity contribution < 1.29 is 24.2 Å². The molecule has 0 bridgehead atoms. The van der Waals surface area contributed by atoms with Crippen LogP contribution in [0.3, 0.4) is 0 Å². The number of hydrogen-bond acceptors (Lipinski definition) is 6. The summed E-state index contributed by atoms with van der Waals surface area (Å²) in [6.07, 6.45) is -2.64. The largest absolute Gasteiger partial charge is 0.504 e. The lowest BCUT2D eigenvalue weighted by Crippen LogP contribution is -2.56. The van der Waals surface area contributed by atoms with E-state index in [-0.39, 0.29) is 38.7 Å². The van der Waals surface area contributed by atoms with Gasteiger partial charge in [-0.15, -0.1) is 0 Å². The Bertz CT molecular complexity index is 1300. The highest BCUT2D eigenvalue weighted by atomic mass is 35.5. The molecule has 4 aliphatic heterocycles. The molecule has 12 heteroatoms. The van der Waals surface area contributed by atoms with Gasteiger partial charge < -0.3 is 15.5 Å². The third kappa shape index (κ3) is 2.67. The fraction of sp³-hybridized carbons (Fsp3) is 0.364. The quantitative estimate of drug-likeness (QED) is 0.465. The SMILES string of the molecule is O=C1C2C3C[C@H](F)CN3C3(c4cc(Cl)cc(Cl)c4NC3O)C2C(=O)N1c1cc(Cl)cc(Cl)c1O. The Kier molecular flexibility index (Phi) is 4.89. The second-order valence-electron chi connectivity index (χ2n) is 9.01. The second kappa shape index (κ2) is 7.35. The molecular weight excluding hydrogens is 531 g/mol. The van der Waals surface area contributed by atoms with Crippen molar-refractivity contribution >= 4 is 69.6 Å². The van der Waals surface area contributed by atoms with E-state index in [0.29, 0.717) is 11.3 Å². The van der Waals surface area contributed by atoms with Gasteiger partial charge in [-0.25, -0.2) is 9.29 Å². The number of carbonyl (C=O) groups is 2. The van der Waals surface area contributed by atoms with Crippen LogP contribution in [0.4, 0.5) is 15.8 Å². The molecule has 1 spiro atoms. The summed E-state index contributed by atoms with van der Waals surface area (Å²) < 4.78 is 14.7. The summed E-state index contributed by atoms with van der Waals surface area (Å²) in [5.41, 5.74) is -0.879. The normalized spacial score (nSPS) is 34.1. The molecule has 3 saturated heterocycles. The van der Waals surface area contributed by atoms with Gasteiger partial charge in [0.05, 0.1) is 33.3 Å². The zero-order valence-electron chi connectivity index (χ0n) is 17.1. The molecule has 3 N–H and O–H groups in total. The van der Waals surface area contributed by atoms with Crippen LogP contribution in [0.2, 0.25) is 20.1 Å². The van der Waals surface area contributed by atoms with Crippen LogP contribution in [0, 0.1) is 11.8 Å². The predicted molar refractivity (Wildman–Crippen MR) is 125 cm³/mol. The molecule has 6 rings (SSSR count). The smallest absolute Gasteiger partial charge is 0.240 e. The van der Waals surface area contributed by atoms with Crippen LogP contribution >= 0.6 is 46.4 Å². The molecule has 2 amide bonds. The molecule has 2 aromatic rings. The van der Waals surface area contributed by atoms with Crippen molar-refractivity contribution in [3.05, 3.63) is 49.9 Å². The number of fused-ring (bicyclic) bond motifs is 7. The number of nitrogens with zero attached hydrogens (tertiary/aromatic N) is 2. The van der Waals surface area contributed by atoms with E-state index in [2.05, 4.69) is 5.32 Å². The lowest BCUT2D eigenvalue weighted by Gasteiger charge is -2.41. The van der Waals surface area contributed by atoms with Crippen LogP contribution in [0.1, 0.15) is 12.0 Å². The molecular formula is C22H16Cl4FN3O4. The summed E-state index contributed by atoms with van der Waals surface area (Å²) >= 11 is 24.8. The summed E-state index contributed by atoms with van der Waals surface area (Å²) in [7, 11) is 0. The summed E-state index contributed by atoms with van der Waals surface area (Å²) in [5.74, 6) is -3.86. The number of aromatic hydroxyl groups is 1. The predicted octanol–water partition coefficient (Wildman–Crippen LogP) is 4.18. The van der Waals surface area contributed by atoms with Gasteiger partial charge in [-0.05, 0) is 30.7 Å². The number of alkyl halides is 1. The molecule has 5 unspecified atom stereocenters. The summed E-state index contributed by atoms with van der Waals surface area (Å²) in [6, 6.07) is 4.95. The highest BCUT2D eigenvalue weighted by molar-refractivity contribution is 6.38. The summed E-state index contributed by atoms with van der Waals surface area (Å²) in [4.78, 5) is 30.2. The zero-order chi connectivity index (χ0) is 24.3. The number of amides is 2. The van der Waals surface area contributed by atoms with Gasteiger partial charge in [-0.2, -0.15) is 0 Å². The minimum absolute atomic E-state index is 0.00835. The minimum Gasteiger partial charge on any atom is -0.504 e. The summed E-state index contributed by atoms with van der Waals surface area (Å²) in [6.45, 7) is -0.0746. The van der Waals surface area contributed by atoms with Crippen molar-refractivity contribution in [2.75, 3.05) is 16.8 Å².